The number of nitrogens with two attached hydrogens (primary N) is 1. The van der Waals surface area contributed by atoms with Crippen LogP contribution in [0.5, 0.6) is 17.2 Å². The molecule has 0 atom stereocenters. The van der Waals surface area contributed by atoms with Crippen LogP contribution in [0.3, 0.4) is 0 Å². The van der Waals surface area contributed by atoms with Gasteiger partial charge in [0, 0.05) is 13.1 Å². The molecule has 0 radical (unpaired) electrons. The lowest BCUT2D eigenvalue weighted by atomic mass is 10.1. The van der Waals surface area contributed by atoms with E-state index in [1.807, 2.05) is 6.92 Å². The fraction of sp³-hybridized carbons (Fsp3) is 0.278. The number of urea groups is 1. The summed E-state index contributed by atoms with van der Waals surface area (Å²) < 4.78 is 11.4. The summed E-state index contributed by atoms with van der Waals surface area (Å²) in [4.78, 5) is 11.9. The number of carbonyl (C=O) groups excluding carboxylic acids is 1. The molecule has 0 aliphatic rings. The van der Waals surface area contributed by atoms with E-state index in [0.717, 1.165) is 5.01 Å². The molecule has 0 unspecified atom stereocenters. The number of hydrogen-bond donors (Lipinski definition) is 3. The van der Waals surface area contributed by atoms with Crippen LogP contribution < -0.4 is 20.6 Å². The number of rotatable bonds is 6. The minimum atomic E-state index is -0.474. The lowest BCUT2D eigenvalue weighted by Crippen LogP contribution is -2.37. The van der Waals surface area contributed by atoms with Crippen LogP contribution >= 0.6 is 11.6 Å². The Hall–Kier alpha value is -2.64. The Morgan fingerprint density at radius 1 is 1.31 bits per heavy atom. The smallest absolute Gasteiger partial charge is 0.335 e. The molecule has 0 heterocycles. The molecular formula is C18H22ClN3O4. The highest BCUT2D eigenvalue weighted by atomic mass is 35.5. The molecule has 0 bridgehead atoms. The van der Waals surface area contributed by atoms with Gasteiger partial charge >= 0.3 is 6.03 Å². The van der Waals surface area contributed by atoms with Gasteiger partial charge < -0.3 is 19.9 Å². The van der Waals surface area contributed by atoms with Gasteiger partial charge in [-0.25, -0.2) is 10.6 Å². The molecular weight excluding hydrogens is 358 g/mol. The Labute approximate surface area is 157 Å². The van der Waals surface area contributed by atoms with Gasteiger partial charge in [-0.05, 0) is 37.6 Å². The second kappa shape index (κ2) is 8.64. The number of benzene rings is 2. The van der Waals surface area contributed by atoms with E-state index in [4.69, 9.17) is 26.9 Å². The van der Waals surface area contributed by atoms with Crippen LogP contribution in [0.4, 0.5) is 10.5 Å². The Morgan fingerprint density at radius 3 is 2.69 bits per heavy atom. The van der Waals surface area contributed by atoms with Crippen molar-refractivity contribution in [3.8, 4) is 17.2 Å². The van der Waals surface area contributed by atoms with Gasteiger partial charge in [-0.1, -0.05) is 17.7 Å². The van der Waals surface area contributed by atoms with Gasteiger partial charge in [-0.2, -0.15) is 0 Å². The molecule has 0 aliphatic heterocycles. The number of anilines is 1. The molecule has 2 aromatic rings. The first-order chi connectivity index (χ1) is 12.3. The molecule has 2 amide bonds. The van der Waals surface area contributed by atoms with Gasteiger partial charge in [0.15, 0.2) is 0 Å². The van der Waals surface area contributed by atoms with Crippen molar-refractivity contribution in [2.75, 3.05) is 19.0 Å². The first-order valence-electron chi connectivity index (χ1n) is 7.99. The zero-order chi connectivity index (χ0) is 19.3. The fourth-order valence-corrected chi connectivity index (χ4v) is 2.44. The normalized spacial score (nSPS) is 10.3. The number of aromatic hydroxyl groups is 1. The Bertz CT molecular complexity index is 796. The summed E-state index contributed by atoms with van der Waals surface area (Å²) in [7, 11) is 1.44. The highest BCUT2D eigenvalue weighted by molar-refractivity contribution is 6.32. The SMILES string of the molecule is CCOc1cccc(NC(=O)N(C)N)c1COc1cc(C)c(O)cc1Cl. The number of amides is 2. The molecule has 140 valence electrons. The second-order valence-electron chi connectivity index (χ2n) is 5.61. The largest absolute Gasteiger partial charge is 0.508 e. The molecule has 2 aromatic carbocycles. The van der Waals surface area contributed by atoms with E-state index in [-0.39, 0.29) is 17.4 Å². The third-order valence-corrected chi connectivity index (χ3v) is 3.91. The average Bonchev–Trinajstić information content (AvgIpc) is 2.58. The van der Waals surface area contributed by atoms with E-state index in [0.29, 0.717) is 34.9 Å². The summed E-state index contributed by atoms with van der Waals surface area (Å²) in [6, 6.07) is 7.87. The summed E-state index contributed by atoms with van der Waals surface area (Å²) in [6.07, 6.45) is 0. The lowest BCUT2D eigenvalue weighted by Gasteiger charge is -2.18. The maximum atomic E-state index is 11.9. The zero-order valence-electron chi connectivity index (χ0n) is 14.9. The number of phenolic OH excluding ortho intramolecular Hbond substituents is 1. The van der Waals surface area contributed by atoms with Crippen LogP contribution in [0.25, 0.3) is 0 Å². The number of aryl methyl sites for hydroxylation is 1. The van der Waals surface area contributed by atoms with Crippen molar-refractivity contribution in [2.45, 2.75) is 20.5 Å². The number of hydrogen-bond acceptors (Lipinski definition) is 5. The zero-order valence-corrected chi connectivity index (χ0v) is 15.6. The van der Waals surface area contributed by atoms with Gasteiger partial charge in [-0.15, -0.1) is 0 Å². The van der Waals surface area contributed by atoms with Crippen LogP contribution in [0.15, 0.2) is 30.3 Å². The van der Waals surface area contributed by atoms with Gasteiger partial charge in [0.05, 0.1) is 22.9 Å². The predicted molar refractivity (Wildman–Crippen MR) is 101 cm³/mol. The molecule has 0 saturated heterocycles. The van der Waals surface area contributed by atoms with E-state index in [1.54, 1.807) is 31.2 Å². The summed E-state index contributed by atoms with van der Waals surface area (Å²) >= 11 is 6.13. The molecule has 2 rings (SSSR count). The maximum Gasteiger partial charge on any atom is 0.335 e. The van der Waals surface area contributed by atoms with Crippen LogP contribution in [0.2, 0.25) is 5.02 Å². The van der Waals surface area contributed by atoms with Crippen molar-refractivity contribution in [3.05, 3.63) is 46.5 Å². The number of carbonyl (C=O) groups is 1. The van der Waals surface area contributed by atoms with E-state index >= 15 is 0 Å². The summed E-state index contributed by atoms with van der Waals surface area (Å²) in [6.45, 7) is 4.17. The average molecular weight is 380 g/mol. The monoisotopic (exact) mass is 379 g/mol. The predicted octanol–water partition coefficient (Wildman–Crippen LogP) is 3.67. The Morgan fingerprint density at radius 2 is 2.04 bits per heavy atom. The van der Waals surface area contributed by atoms with Crippen molar-refractivity contribution in [3.63, 3.8) is 0 Å². The molecule has 8 heteroatoms. The number of ether oxygens (including phenoxy) is 2. The first kappa shape index (κ1) is 19.7. The maximum absolute atomic E-state index is 11.9. The van der Waals surface area contributed by atoms with Crippen LogP contribution in [0, 0.1) is 6.92 Å². The quantitative estimate of drug-likeness (QED) is 0.404. The topological polar surface area (TPSA) is 97.1 Å². The highest BCUT2D eigenvalue weighted by Crippen LogP contribution is 2.34. The van der Waals surface area contributed by atoms with Crippen molar-refractivity contribution < 1.29 is 19.4 Å². The summed E-state index contributed by atoms with van der Waals surface area (Å²) in [5, 5.41) is 13.6. The molecule has 0 saturated carbocycles. The molecule has 7 nitrogen and oxygen atoms in total. The minimum Gasteiger partial charge on any atom is -0.508 e. The lowest BCUT2D eigenvalue weighted by molar-refractivity contribution is 0.223. The van der Waals surface area contributed by atoms with E-state index in [1.165, 1.54) is 13.1 Å². The number of phenols is 1. The number of halogens is 1. The Balaban J connectivity index is 2.31. The third kappa shape index (κ3) is 4.71. The van der Waals surface area contributed by atoms with Crippen LogP contribution in [-0.4, -0.2) is 29.8 Å². The second-order valence-corrected chi connectivity index (χ2v) is 6.02. The van der Waals surface area contributed by atoms with Crippen molar-refractivity contribution >= 4 is 23.3 Å². The standard InChI is InChI=1S/C18H22ClN3O4/c1-4-25-16-7-5-6-14(21-18(24)22(3)20)12(16)10-26-17-8-11(2)15(23)9-13(17)19/h5-9,23H,4,10,20H2,1-3H3,(H,21,24). The summed E-state index contributed by atoms with van der Waals surface area (Å²) in [5.74, 6) is 6.56. The van der Waals surface area contributed by atoms with Crippen molar-refractivity contribution in [2.24, 2.45) is 5.84 Å². The molecule has 0 aliphatic carbocycles. The summed E-state index contributed by atoms with van der Waals surface area (Å²) in [5.41, 5.74) is 1.80. The highest BCUT2D eigenvalue weighted by Gasteiger charge is 2.15. The molecule has 4 N–H and O–H groups in total. The van der Waals surface area contributed by atoms with Crippen molar-refractivity contribution in [1.29, 1.82) is 0 Å². The molecule has 0 fully saturated rings. The Kier molecular flexibility index (Phi) is 6.54. The third-order valence-electron chi connectivity index (χ3n) is 3.62. The number of nitrogens with one attached hydrogen (secondary N) is 1. The first-order valence-corrected chi connectivity index (χ1v) is 8.37. The van der Waals surface area contributed by atoms with Crippen LogP contribution in [0.1, 0.15) is 18.1 Å². The van der Waals surface area contributed by atoms with Gasteiger partial charge in [0.1, 0.15) is 23.9 Å². The van der Waals surface area contributed by atoms with E-state index in [2.05, 4.69) is 5.32 Å². The van der Waals surface area contributed by atoms with Crippen molar-refractivity contribution in [1.82, 2.24) is 5.01 Å². The number of nitrogens with zero attached hydrogens (tertiary/aromatic N) is 1. The van der Waals surface area contributed by atoms with Gasteiger partial charge in [-0.3, -0.25) is 5.01 Å². The molecule has 0 spiro atoms. The van der Waals surface area contributed by atoms with E-state index < -0.39 is 6.03 Å². The van der Waals surface area contributed by atoms with Crippen LogP contribution in [-0.2, 0) is 6.61 Å². The van der Waals surface area contributed by atoms with Gasteiger partial charge in [0.2, 0.25) is 0 Å². The molecule has 26 heavy (non-hydrogen) atoms. The number of hydrazine groups is 1. The molecule has 0 aromatic heterocycles. The minimum absolute atomic E-state index is 0.0935. The fourth-order valence-electron chi connectivity index (χ4n) is 2.23. The van der Waals surface area contributed by atoms with Gasteiger partial charge in [0.25, 0.3) is 0 Å². The van der Waals surface area contributed by atoms with E-state index in [9.17, 15) is 9.90 Å².